The molecular weight excluding hydrogens is 256 g/mol. The summed E-state index contributed by atoms with van der Waals surface area (Å²) in [6, 6.07) is 11.1. The van der Waals surface area contributed by atoms with Gasteiger partial charge in [0.2, 0.25) is 0 Å². The van der Waals surface area contributed by atoms with Crippen molar-refractivity contribution in [2.75, 3.05) is 6.54 Å². The zero-order valence-electron chi connectivity index (χ0n) is 13.7. The van der Waals surface area contributed by atoms with E-state index < -0.39 is 0 Å². The molecule has 0 fully saturated rings. The van der Waals surface area contributed by atoms with Gasteiger partial charge in [-0.05, 0) is 37.6 Å². The van der Waals surface area contributed by atoms with Crippen molar-refractivity contribution < 1.29 is 0 Å². The van der Waals surface area contributed by atoms with Crippen LogP contribution in [0.2, 0.25) is 0 Å². The van der Waals surface area contributed by atoms with Crippen LogP contribution in [0.3, 0.4) is 0 Å². The van der Waals surface area contributed by atoms with Gasteiger partial charge in [-0.3, -0.25) is 4.98 Å². The Kier molecular flexibility index (Phi) is 6.19. The fraction of sp³-hybridized carbons (Fsp3) is 0.526. The molecule has 1 atom stereocenters. The summed E-state index contributed by atoms with van der Waals surface area (Å²) in [5.41, 5.74) is 3.64. The Morgan fingerprint density at radius 2 is 1.90 bits per heavy atom. The molecule has 1 aromatic carbocycles. The summed E-state index contributed by atoms with van der Waals surface area (Å²) in [5, 5.41) is 4.87. The molecule has 2 rings (SSSR count). The standard InChI is InChI=1S/C19H28N2/c1-4-6-7-8-13-18(20-5-2)19-14-15(3)16-11-9-10-12-17(16)21-19/h9-12,14,18,20H,4-8,13H2,1-3H3. The van der Waals surface area contributed by atoms with Crippen LogP contribution in [0.4, 0.5) is 0 Å². The topological polar surface area (TPSA) is 24.9 Å². The van der Waals surface area contributed by atoms with E-state index >= 15 is 0 Å². The highest BCUT2D eigenvalue weighted by molar-refractivity contribution is 5.82. The number of para-hydroxylation sites is 1. The summed E-state index contributed by atoms with van der Waals surface area (Å²) in [5.74, 6) is 0. The lowest BCUT2D eigenvalue weighted by Gasteiger charge is -2.19. The minimum Gasteiger partial charge on any atom is -0.309 e. The van der Waals surface area contributed by atoms with Gasteiger partial charge in [-0.15, -0.1) is 0 Å². The number of hydrogen-bond donors (Lipinski definition) is 1. The molecule has 0 aliphatic heterocycles. The van der Waals surface area contributed by atoms with Crippen LogP contribution in [0.1, 0.15) is 63.3 Å². The van der Waals surface area contributed by atoms with Crippen molar-refractivity contribution in [2.45, 2.75) is 58.9 Å². The number of nitrogens with zero attached hydrogens (tertiary/aromatic N) is 1. The summed E-state index contributed by atoms with van der Waals surface area (Å²) < 4.78 is 0. The van der Waals surface area contributed by atoms with Crippen LogP contribution >= 0.6 is 0 Å². The Morgan fingerprint density at radius 3 is 2.67 bits per heavy atom. The number of hydrogen-bond acceptors (Lipinski definition) is 2. The van der Waals surface area contributed by atoms with Crippen molar-refractivity contribution in [3.8, 4) is 0 Å². The lowest BCUT2D eigenvalue weighted by atomic mass is 10.0. The van der Waals surface area contributed by atoms with Crippen LogP contribution in [0.5, 0.6) is 0 Å². The Hall–Kier alpha value is -1.41. The molecule has 1 aromatic heterocycles. The second-order valence-electron chi connectivity index (χ2n) is 5.84. The Bertz CT molecular complexity index is 562. The molecule has 1 N–H and O–H groups in total. The molecule has 1 unspecified atom stereocenters. The molecule has 0 amide bonds. The zero-order chi connectivity index (χ0) is 15.1. The molecule has 1 heterocycles. The average molecular weight is 284 g/mol. The van der Waals surface area contributed by atoms with E-state index in [1.165, 1.54) is 48.7 Å². The molecule has 0 radical (unpaired) electrons. The van der Waals surface area contributed by atoms with Crippen LogP contribution in [0.15, 0.2) is 30.3 Å². The highest BCUT2D eigenvalue weighted by Gasteiger charge is 2.13. The van der Waals surface area contributed by atoms with Gasteiger partial charge in [0.05, 0.1) is 11.2 Å². The lowest BCUT2D eigenvalue weighted by molar-refractivity contribution is 0.473. The molecule has 0 spiro atoms. The normalized spacial score (nSPS) is 12.7. The molecular formula is C19H28N2. The van der Waals surface area contributed by atoms with E-state index in [2.05, 4.69) is 56.4 Å². The quantitative estimate of drug-likeness (QED) is 0.677. The van der Waals surface area contributed by atoms with Crippen LogP contribution in [0, 0.1) is 6.92 Å². The first-order valence-corrected chi connectivity index (χ1v) is 8.36. The van der Waals surface area contributed by atoms with Crippen LogP contribution < -0.4 is 5.32 Å². The van der Waals surface area contributed by atoms with Gasteiger partial charge in [-0.1, -0.05) is 57.7 Å². The minimum absolute atomic E-state index is 0.384. The van der Waals surface area contributed by atoms with Crippen LogP contribution in [-0.4, -0.2) is 11.5 Å². The first kappa shape index (κ1) is 16.0. The largest absolute Gasteiger partial charge is 0.309 e. The number of rotatable bonds is 8. The predicted octanol–water partition coefficient (Wildman–Crippen LogP) is 5.16. The third kappa shape index (κ3) is 4.28. The highest BCUT2D eigenvalue weighted by atomic mass is 14.9. The van der Waals surface area contributed by atoms with Gasteiger partial charge >= 0.3 is 0 Å². The van der Waals surface area contributed by atoms with Gasteiger partial charge in [0.25, 0.3) is 0 Å². The second-order valence-corrected chi connectivity index (χ2v) is 5.84. The van der Waals surface area contributed by atoms with E-state index in [-0.39, 0.29) is 0 Å². The SMILES string of the molecule is CCCCCCC(NCC)c1cc(C)c2ccccc2n1. The van der Waals surface area contributed by atoms with Crippen molar-refractivity contribution in [3.05, 3.63) is 41.6 Å². The third-order valence-electron chi connectivity index (χ3n) is 4.10. The Morgan fingerprint density at radius 1 is 1.10 bits per heavy atom. The van der Waals surface area contributed by atoms with Crippen LogP contribution in [0.25, 0.3) is 10.9 Å². The summed E-state index contributed by atoms with van der Waals surface area (Å²) >= 11 is 0. The van der Waals surface area contributed by atoms with E-state index in [0.29, 0.717) is 6.04 Å². The van der Waals surface area contributed by atoms with Crippen molar-refractivity contribution in [1.82, 2.24) is 10.3 Å². The summed E-state index contributed by atoms with van der Waals surface area (Å²) in [6.07, 6.45) is 6.41. The monoisotopic (exact) mass is 284 g/mol. The van der Waals surface area contributed by atoms with E-state index in [0.717, 1.165) is 12.1 Å². The summed E-state index contributed by atoms with van der Waals surface area (Å²) in [4.78, 5) is 4.89. The minimum atomic E-state index is 0.384. The predicted molar refractivity (Wildman–Crippen MR) is 91.7 cm³/mol. The van der Waals surface area contributed by atoms with Gasteiger partial charge in [0, 0.05) is 11.4 Å². The number of pyridine rings is 1. The van der Waals surface area contributed by atoms with Gasteiger partial charge in [0.1, 0.15) is 0 Å². The van der Waals surface area contributed by atoms with Gasteiger partial charge in [-0.25, -0.2) is 0 Å². The average Bonchev–Trinajstić information content (AvgIpc) is 2.50. The van der Waals surface area contributed by atoms with E-state index in [4.69, 9.17) is 4.98 Å². The van der Waals surface area contributed by atoms with Gasteiger partial charge in [0.15, 0.2) is 0 Å². The van der Waals surface area contributed by atoms with E-state index in [1.807, 2.05) is 0 Å². The first-order chi connectivity index (χ1) is 10.3. The number of benzene rings is 1. The number of aromatic nitrogens is 1. The third-order valence-corrected chi connectivity index (χ3v) is 4.10. The smallest absolute Gasteiger partial charge is 0.0708 e. The van der Waals surface area contributed by atoms with Crippen molar-refractivity contribution in [1.29, 1.82) is 0 Å². The fourth-order valence-electron chi connectivity index (χ4n) is 2.93. The molecule has 0 saturated heterocycles. The number of fused-ring (bicyclic) bond motifs is 1. The first-order valence-electron chi connectivity index (χ1n) is 8.36. The number of nitrogens with one attached hydrogen (secondary N) is 1. The lowest BCUT2D eigenvalue weighted by Crippen LogP contribution is -2.22. The van der Waals surface area contributed by atoms with Gasteiger partial charge in [-0.2, -0.15) is 0 Å². The molecule has 2 heteroatoms. The maximum Gasteiger partial charge on any atom is 0.0708 e. The molecule has 2 nitrogen and oxygen atoms in total. The Labute approximate surface area is 129 Å². The fourth-order valence-corrected chi connectivity index (χ4v) is 2.93. The van der Waals surface area contributed by atoms with Crippen molar-refractivity contribution in [2.24, 2.45) is 0 Å². The molecule has 0 bridgehead atoms. The highest BCUT2D eigenvalue weighted by Crippen LogP contribution is 2.24. The van der Waals surface area contributed by atoms with Crippen LogP contribution in [-0.2, 0) is 0 Å². The molecule has 0 saturated carbocycles. The molecule has 0 aliphatic carbocycles. The molecule has 0 aliphatic rings. The Balaban J connectivity index is 2.19. The maximum absolute atomic E-state index is 4.89. The van der Waals surface area contributed by atoms with Crippen molar-refractivity contribution in [3.63, 3.8) is 0 Å². The van der Waals surface area contributed by atoms with E-state index in [1.54, 1.807) is 0 Å². The number of unbranched alkanes of at least 4 members (excludes halogenated alkanes) is 3. The molecule has 2 aromatic rings. The van der Waals surface area contributed by atoms with E-state index in [9.17, 15) is 0 Å². The summed E-state index contributed by atoms with van der Waals surface area (Å²) in [7, 11) is 0. The molecule has 114 valence electrons. The second kappa shape index (κ2) is 8.14. The van der Waals surface area contributed by atoms with Gasteiger partial charge < -0.3 is 5.32 Å². The maximum atomic E-state index is 4.89. The molecule has 21 heavy (non-hydrogen) atoms. The van der Waals surface area contributed by atoms with Crippen molar-refractivity contribution >= 4 is 10.9 Å². The summed E-state index contributed by atoms with van der Waals surface area (Å²) in [6.45, 7) is 7.61. The number of aryl methyl sites for hydroxylation is 1. The zero-order valence-corrected chi connectivity index (χ0v) is 13.7.